The summed E-state index contributed by atoms with van der Waals surface area (Å²) in [4.78, 5) is 25.8. The van der Waals surface area contributed by atoms with Crippen molar-refractivity contribution in [3.63, 3.8) is 0 Å². The molecule has 5 nitrogen and oxygen atoms in total. The fourth-order valence-electron chi connectivity index (χ4n) is 2.46. The molecule has 0 aliphatic carbocycles. The predicted molar refractivity (Wildman–Crippen MR) is 109 cm³/mol. The van der Waals surface area contributed by atoms with Crippen molar-refractivity contribution in [1.82, 2.24) is 4.90 Å². The second kappa shape index (κ2) is 9.97. The molecule has 0 aromatic heterocycles. The zero-order valence-corrected chi connectivity index (χ0v) is 16.7. The molecule has 144 valence electrons. The van der Waals surface area contributed by atoms with Crippen molar-refractivity contribution < 1.29 is 14.3 Å². The zero-order chi connectivity index (χ0) is 19.8. The van der Waals surface area contributed by atoms with Crippen molar-refractivity contribution >= 4 is 29.1 Å². The monoisotopic (exact) mass is 388 g/mol. The largest absolute Gasteiger partial charge is 0.494 e. The molecule has 2 amide bonds. The molecular formula is C21H25ClN2O3. The Labute approximate surface area is 165 Å². The fourth-order valence-corrected chi connectivity index (χ4v) is 2.72. The van der Waals surface area contributed by atoms with E-state index in [1.165, 1.54) is 4.90 Å². The summed E-state index contributed by atoms with van der Waals surface area (Å²) in [5.41, 5.74) is 1.44. The number of ether oxygens (including phenoxy) is 1. The lowest BCUT2D eigenvalue weighted by Gasteiger charge is -2.13. The van der Waals surface area contributed by atoms with Gasteiger partial charge >= 0.3 is 0 Å². The number of halogens is 1. The Morgan fingerprint density at radius 3 is 2.37 bits per heavy atom. The van der Waals surface area contributed by atoms with Gasteiger partial charge in [0.1, 0.15) is 5.75 Å². The number of carbonyl (C=O) groups is 2. The van der Waals surface area contributed by atoms with Crippen molar-refractivity contribution in [2.45, 2.75) is 26.2 Å². The highest BCUT2D eigenvalue weighted by molar-refractivity contribution is 6.34. The molecule has 0 radical (unpaired) electrons. The lowest BCUT2D eigenvalue weighted by molar-refractivity contribution is 0.0827. The van der Waals surface area contributed by atoms with Crippen LogP contribution in [0.25, 0.3) is 0 Å². The first-order valence-electron chi connectivity index (χ1n) is 8.97. The number of carbonyl (C=O) groups excluding carboxylic acids is 2. The van der Waals surface area contributed by atoms with Gasteiger partial charge < -0.3 is 15.0 Å². The second-order valence-corrected chi connectivity index (χ2v) is 6.84. The molecule has 2 rings (SSSR count). The van der Waals surface area contributed by atoms with Crippen LogP contribution in [0.3, 0.4) is 0 Å². The first-order chi connectivity index (χ1) is 12.9. The number of anilines is 1. The number of benzene rings is 2. The molecule has 0 spiro atoms. The van der Waals surface area contributed by atoms with Crippen LogP contribution in [0.15, 0.2) is 42.5 Å². The van der Waals surface area contributed by atoms with Crippen LogP contribution in [0.4, 0.5) is 5.69 Å². The minimum atomic E-state index is -0.254. The number of nitrogens with zero attached hydrogens (tertiary/aromatic N) is 1. The number of hydrogen-bond acceptors (Lipinski definition) is 3. The van der Waals surface area contributed by atoms with Gasteiger partial charge in [0.2, 0.25) is 0 Å². The summed E-state index contributed by atoms with van der Waals surface area (Å²) in [6, 6.07) is 11.8. The topological polar surface area (TPSA) is 58.6 Å². The lowest BCUT2D eigenvalue weighted by atomic mass is 10.1. The van der Waals surface area contributed by atoms with Crippen LogP contribution < -0.4 is 10.1 Å². The molecule has 0 fully saturated rings. The van der Waals surface area contributed by atoms with Gasteiger partial charge in [0.15, 0.2) is 0 Å². The minimum Gasteiger partial charge on any atom is -0.494 e. The van der Waals surface area contributed by atoms with E-state index in [1.807, 2.05) is 0 Å². The maximum Gasteiger partial charge on any atom is 0.255 e. The second-order valence-electron chi connectivity index (χ2n) is 6.43. The fraction of sp³-hybridized carbons (Fsp3) is 0.333. The highest BCUT2D eigenvalue weighted by Crippen LogP contribution is 2.23. The summed E-state index contributed by atoms with van der Waals surface area (Å²) < 4.78 is 5.65. The lowest BCUT2D eigenvalue weighted by Crippen LogP contribution is -2.22. The van der Waals surface area contributed by atoms with Crippen molar-refractivity contribution in [3.05, 3.63) is 58.6 Å². The third-order valence-electron chi connectivity index (χ3n) is 4.00. The van der Waals surface area contributed by atoms with Gasteiger partial charge in [-0.3, -0.25) is 9.59 Å². The molecule has 0 heterocycles. The van der Waals surface area contributed by atoms with E-state index in [0.29, 0.717) is 28.4 Å². The molecule has 0 aliphatic heterocycles. The summed E-state index contributed by atoms with van der Waals surface area (Å²) in [6.07, 6.45) is 3.31. The van der Waals surface area contributed by atoms with Gasteiger partial charge in [-0.1, -0.05) is 31.4 Å². The van der Waals surface area contributed by atoms with Gasteiger partial charge in [-0.2, -0.15) is 0 Å². The Balaban J connectivity index is 1.98. The maximum atomic E-state index is 12.4. The van der Waals surface area contributed by atoms with E-state index in [1.54, 1.807) is 56.6 Å². The number of unbranched alkanes of at least 4 members (excludes halogenated alkanes) is 2. The highest BCUT2D eigenvalue weighted by Gasteiger charge is 2.14. The number of hydrogen-bond donors (Lipinski definition) is 1. The first-order valence-corrected chi connectivity index (χ1v) is 9.35. The van der Waals surface area contributed by atoms with E-state index in [4.69, 9.17) is 16.3 Å². The Morgan fingerprint density at radius 1 is 1.07 bits per heavy atom. The maximum absolute atomic E-state index is 12.4. The third-order valence-corrected chi connectivity index (χ3v) is 4.31. The summed E-state index contributed by atoms with van der Waals surface area (Å²) in [6.45, 7) is 2.82. The van der Waals surface area contributed by atoms with Crippen molar-refractivity contribution in [1.29, 1.82) is 0 Å². The standard InChI is InChI=1S/C21H25ClN2O3/c1-4-5-6-13-27-17-10-7-15(8-11-17)20(25)23-16-9-12-18(19(22)14-16)21(26)24(2)3/h7-12,14H,4-6,13H2,1-3H3,(H,23,25). The summed E-state index contributed by atoms with van der Waals surface area (Å²) in [5.74, 6) is 0.305. The van der Waals surface area contributed by atoms with E-state index >= 15 is 0 Å². The molecular weight excluding hydrogens is 364 g/mol. The van der Waals surface area contributed by atoms with Gasteiger partial charge in [-0.05, 0) is 48.9 Å². The molecule has 6 heteroatoms. The summed E-state index contributed by atoms with van der Waals surface area (Å²) in [5, 5.41) is 3.08. The van der Waals surface area contributed by atoms with E-state index < -0.39 is 0 Å². The van der Waals surface area contributed by atoms with Crippen LogP contribution in [-0.2, 0) is 0 Å². The van der Waals surface area contributed by atoms with Crippen LogP contribution in [0.1, 0.15) is 46.9 Å². The van der Waals surface area contributed by atoms with Crippen LogP contribution in [0, 0.1) is 0 Å². The van der Waals surface area contributed by atoms with Gasteiger partial charge in [-0.15, -0.1) is 0 Å². The highest BCUT2D eigenvalue weighted by atomic mass is 35.5. The average molecular weight is 389 g/mol. The van der Waals surface area contributed by atoms with Crippen molar-refractivity contribution in [2.75, 3.05) is 26.0 Å². The molecule has 0 saturated heterocycles. The van der Waals surface area contributed by atoms with Crippen LogP contribution >= 0.6 is 11.6 Å². The van der Waals surface area contributed by atoms with Crippen LogP contribution in [0.2, 0.25) is 5.02 Å². The molecule has 0 aliphatic rings. The Bertz CT molecular complexity index is 789. The summed E-state index contributed by atoms with van der Waals surface area (Å²) >= 11 is 6.17. The van der Waals surface area contributed by atoms with E-state index in [9.17, 15) is 9.59 Å². The molecule has 0 unspecified atom stereocenters. The average Bonchev–Trinajstić information content (AvgIpc) is 2.65. The Hall–Kier alpha value is -2.53. The number of rotatable bonds is 8. The van der Waals surface area contributed by atoms with E-state index in [-0.39, 0.29) is 11.8 Å². The first kappa shape index (κ1) is 20.8. The molecule has 1 N–H and O–H groups in total. The summed E-state index contributed by atoms with van der Waals surface area (Å²) in [7, 11) is 3.32. The Kier molecular flexibility index (Phi) is 7.67. The SMILES string of the molecule is CCCCCOc1ccc(C(=O)Nc2ccc(C(=O)N(C)C)c(Cl)c2)cc1. The van der Waals surface area contributed by atoms with Crippen LogP contribution in [0.5, 0.6) is 5.75 Å². The quantitative estimate of drug-likeness (QED) is 0.657. The van der Waals surface area contributed by atoms with E-state index in [0.717, 1.165) is 25.0 Å². The van der Waals surface area contributed by atoms with E-state index in [2.05, 4.69) is 12.2 Å². The Morgan fingerprint density at radius 2 is 1.78 bits per heavy atom. The molecule has 0 atom stereocenters. The predicted octanol–water partition coefficient (Wildman–Crippen LogP) is 4.86. The van der Waals surface area contributed by atoms with Crippen molar-refractivity contribution in [3.8, 4) is 5.75 Å². The van der Waals surface area contributed by atoms with Gasteiger partial charge in [0, 0.05) is 25.3 Å². The molecule has 0 bridgehead atoms. The normalized spacial score (nSPS) is 10.4. The van der Waals surface area contributed by atoms with Crippen molar-refractivity contribution in [2.24, 2.45) is 0 Å². The van der Waals surface area contributed by atoms with Gasteiger partial charge in [0.05, 0.1) is 17.2 Å². The van der Waals surface area contributed by atoms with Crippen LogP contribution in [-0.4, -0.2) is 37.4 Å². The molecule has 2 aromatic rings. The zero-order valence-electron chi connectivity index (χ0n) is 15.9. The third kappa shape index (κ3) is 6.00. The number of nitrogens with one attached hydrogen (secondary N) is 1. The van der Waals surface area contributed by atoms with Gasteiger partial charge in [0.25, 0.3) is 11.8 Å². The number of amides is 2. The molecule has 27 heavy (non-hydrogen) atoms. The molecule has 2 aromatic carbocycles. The smallest absolute Gasteiger partial charge is 0.255 e. The molecule has 0 saturated carbocycles. The minimum absolute atomic E-state index is 0.188. The van der Waals surface area contributed by atoms with Gasteiger partial charge in [-0.25, -0.2) is 0 Å².